The first-order valence-electron chi connectivity index (χ1n) is 5.43. The van der Waals surface area contributed by atoms with Crippen LogP contribution in [-0.4, -0.2) is 22.7 Å². The molecule has 2 aliphatic heterocycles. The number of benzene rings is 1. The van der Waals surface area contributed by atoms with Gasteiger partial charge in [0.25, 0.3) is 5.91 Å². The molecule has 3 rings (SSSR count). The number of carbonyl (C=O) groups excluding carboxylic acids is 1. The van der Waals surface area contributed by atoms with Gasteiger partial charge in [-0.05, 0) is 31.4 Å². The molecule has 1 fully saturated rings. The number of fused-ring (bicyclic) bond motifs is 2. The minimum Gasteiger partial charge on any atom is -0.326 e. The molecule has 1 atom stereocenters. The fourth-order valence-electron chi connectivity index (χ4n) is 2.30. The van der Waals surface area contributed by atoms with Gasteiger partial charge in [-0.2, -0.15) is 0 Å². The third kappa shape index (κ3) is 1.46. The Kier molecular flexibility index (Phi) is 2.20. The molecule has 1 amide bonds. The molecule has 0 saturated carbocycles. The molecule has 0 aromatic heterocycles. The molecular weight excluding hydrogens is 206 g/mol. The molecule has 15 heavy (non-hydrogen) atoms. The molecule has 1 saturated heterocycles. The number of carbonyl (C=O) groups is 1. The highest BCUT2D eigenvalue weighted by Gasteiger charge is 2.33. The standard InChI is InChI=1S/C12H13NOS/c14-12-9-5-1-2-6-10(9)15-11-7-3-4-8-13(11)12/h1-2,5-6,11H,3-4,7-8H2. The number of hydrogen-bond acceptors (Lipinski definition) is 2. The predicted molar refractivity (Wildman–Crippen MR) is 61.0 cm³/mol. The van der Waals surface area contributed by atoms with Gasteiger partial charge in [0.2, 0.25) is 0 Å². The SMILES string of the molecule is O=C1c2ccccc2SC2CCCCN12. The summed E-state index contributed by atoms with van der Waals surface area (Å²) in [5.41, 5.74) is 0.889. The summed E-state index contributed by atoms with van der Waals surface area (Å²) in [6, 6.07) is 7.96. The van der Waals surface area contributed by atoms with Crippen molar-refractivity contribution >= 4 is 17.7 Å². The summed E-state index contributed by atoms with van der Waals surface area (Å²) in [6.45, 7) is 0.935. The number of nitrogens with zero attached hydrogens (tertiary/aromatic N) is 1. The molecule has 1 unspecified atom stereocenters. The largest absolute Gasteiger partial charge is 0.326 e. The van der Waals surface area contributed by atoms with Crippen molar-refractivity contribution in [2.24, 2.45) is 0 Å². The van der Waals surface area contributed by atoms with E-state index < -0.39 is 0 Å². The van der Waals surface area contributed by atoms with E-state index in [1.807, 2.05) is 34.9 Å². The molecule has 78 valence electrons. The van der Waals surface area contributed by atoms with Gasteiger partial charge in [-0.25, -0.2) is 0 Å². The first-order valence-corrected chi connectivity index (χ1v) is 6.31. The van der Waals surface area contributed by atoms with Crippen molar-refractivity contribution in [1.29, 1.82) is 0 Å². The third-order valence-corrected chi connectivity index (χ3v) is 4.46. The summed E-state index contributed by atoms with van der Waals surface area (Å²) in [5, 5.41) is 0.390. The number of piperidine rings is 1. The van der Waals surface area contributed by atoms with Crippen LogP contribution in [0.4, 0.5) is 0 Å². The lowest BCUT2D eigenvalue weighted by atomic mass is 10.1. The molecule has 0 N–H and O–H groups in total. The molecule has 1 aromatic carbocycles. The van der Waals surface area contributed by atoms with Gasteiger partial charge in [0, 0.05) is 11.4 Å². The summed E-state index contributed by atoms with van der Waals surface area (Å²) < 4.78 is 0. The van der Waals surface area contributed by atoms with Gasteiger partial charge in [-0.1, -0.05) is 12.1 Å². The van der Waals surface area contributed by atoms with Crippen LogP contribution in [-0.2, 0) is 0 Å². The van der Waals surface area contributed by atoms with Gasteiger partial charge >= 0.3 is 0 Å². The fraction of sp³-hybridized carbons (Fsp3) is 0.417. The molecule has 0 spiro atoms. The summed E-state index contributed by atoms with van der Waals surface area (Å²) in [4.78, 5) is 15.4. The summed E-state index contributed by atoms with van der Waals surface area (Å²) in [5.74, 6) is 0.231. The molecular formula is C12H13NOS. The predicted octanol–water partition coefficient (Wildman–Crippen LogP) is 2.74. The van der Waals surface area contributed by atoms with E-state index in [-0.39, 0.29) is 5.91 Å². The monoisotopic (exact) mass is 219 g/mol. The fourth-order valence-corrected chi connectivity index (χ4v) is 3.65. The Morgan fingerprint density at radius 1 is 1.27 bits per heavy atom. The van der Waals surface area contributed by atoms with Crippen molar-refractivity contribution in [1.82, 2.24) is 4.90 Å². The molecule has 0 aliphatic carbocycles. The van der Waals surface area contributed by atoms with Gasteiger partial charge in [-0.3, -0.25) is 4.79 Å². The lowest BCUT2D eigenvalue weighted by molar-refractivity contribution is 0.0686. The highest BCUT2D eigenvalue weighted by molar-refractivity contribution is 8.00. The topological polar surface area (TPSA) is 20.3 Å². The quantitative estimate of drug-likeness (QED) is 0.668. The maximum Gasteiger partial charge on any atom is 0.255 e. The van der Waals surface area contributed by atoms with Crippen LogP contribution in [0.15, 0.2) is 29.2 Å². The van der Waals surface area contributed by atoms with Crippen LogP contribution in [0.3, 0.4) is 0 Å². The van der Waals surface area contributed by atoms with E-state index in [2.05, 4.69) is 6.07 Å². The molecule has 2 heterocycles. The number of rotatable bonds is 0. The van der Waals surface area contributed by atoms with E-state index in [0.29, 0.717) is 5.37 Å². The minimum atomic E-state index is 0.231. The van der Waals surface area contributed by atoms with E-state index in [0.717, 1.165) is 29.8 Å². The smallest absolute Gasteiger partial charge is 0.255 e. The van der Waals surface area contributed by atoms with Crippen LogP contribution in [0, 0.1) is 0 Å². The van der Waals surface area contributed by atoms with Crippen molar-refractivity contribution < 1.29 is 4.79 Å². The van der Waals surface area contributed by atoms with Gasteiger partial charge in [-0.15, -0.1) is 11.8 Å². The summed E-state index contributed by atoms with van der Waals surface area (Å²) >= 11 is 1.85. The van der Waals surface area contributed by atoms with Crippen molar-refractivity contribution in [3.63, 3.8) is 0 Å². The molecule has 0 radical (unpaired) electrons. The van der Waals surface area contributed by atoms with Crippen LogP contribution in [0.25, 0.3) is 0 Å². The van der Waals surface area contributed by atoms with Crippen LogP contribution >= 0.6 is 11.8 Å². The number of thioether (sulfide) groups is 1. The Morgan fingerprint density at radius 2 is 2.13 bits per heavy atom. The maximum absolute atomic E-state index is 12.2. The van der Waals surface area contributed by atoms with Gasteiger partial charge in [0.05, 0.1) is 10.9 Å². The first-order chi connectivity index (χ1) is 7.36. The van der Waals surface area contributed by atoms with E-state index >= 15 is 0 Å². The average Bonchev–Trinajstić information content (AvgIpc) is 2.30. The van der Waals surface area contributed by atoms with E-state index in [9.17, 15) is 4.79 Å². The second-order valence-corrected chi connectivity index (χ2v) is 5.28. The summed E-state index contributed by atoms with van der Waals surface area (Å²) in [7, 11) is 0. The summed E-state index contributed by atoms with van der Waals surface area (Å²) in [6.07, 6.45) is 3.55. The van der Waals surface area contributed by atoms with Gasteiger partial charge in [0.15, 0.2) is 0 Å². The normalized spacial score (nSPS) is 24.7. The second kappa shape index (κ2) is 3.56. The van der Waals surface area contributed by atoms with E-state index in [1.54, 1.807) is 0 Å². The average molecular weight is 219 g/mol. The number of amides is 1. The molecule has 1 aromatic rings. The molecule has 2 nitrogen and oxygen atoms in total. The molecule has 3 heteroatoms. The Morgan fingerprint density at radius 3 is 3.07 bits per heavy atom. The van der Waals surface area contributed by atoms with Gasteiger partial charge in [0.1, 0.15) is 0 Å². The van der Waals surface area contributed by atoms with E-state index in [1.165, 1.54) is 6.42 Å². The lowest BCUT2D eigenvalue weighted by Gasteiger charge is -2.39. The Balaban J connectivity index is 2.02. The molecule has 0 bridgehead atoms. The zero-order valence-corrected chi connectivity index (χ0v) is 9.30. The highest BCUT2D eigenvalue weighted by atomic mass is 32.2. The lowest BCUT2D eigenvalue weighted by Crippen LogP contribution is -2.44. The zero-order chi connectivity index (χ0) is 10.3. The Bertz CT molecular complexity index is 404. The first kappa shape index (κ1) is 9.28. The van der Waals surface area contributed by atoms with Crippen LogP contribution in [0.2, 0.25) is 0 Å². The van der Waals surface area contributed by atoms with Crippen molar-refractivity contribution in [2.45, 2.75) is 29.5 Å². The van der Waals surface area contributed by atoms with Crippen molar-refractivity contribution in [3.05, 3.63) is 29.8 Å². The maximum atomic E-state index is 12.2. The second-order valence-electron chi connectivity index (χ2n) is 4.06. The van der Waals surface area contributed by atoms with Crippen molar-refractivity contribution in [2.75, 3.05) is 6.54 Å². The van der Waals surface area contributed by atoms with Gasteiger partial charge < -0.3 is 4.90 Å². The Hall–Kier alpha value is -0.960. The van der Waals surface area contributed by atoms with Crippen molar-refractivity contribution in [3.8, 4) is 0 Å². The van der Waals surface area contributed by atoms with Crippen LogP contribution in [0.5, 0.6) is 0 Å². The Labute approximate surface area is 93.7 Å². The van der Waals surface area contributed by atoms with Crippen LogP contribution < -0.4 is 0 Å². The third-order valence-electron chi connectivity index (χ3n) is 3.09. The highest BCUT2D eigenvalue weighted by Crippen LogP contribution is 2.39. The van der Waals surface area contributed by atoms with Crippen LogP contribution in [0.1, 0.15) is 29.6 Å². The van der Waals surface area contributed by atoms with E-state index in [4.69, 9.17) is 0 Å². The molecule has 2 aliphatic rings. The zero-order valence-electron chi connectivity index (χ0n) is 8.48. The number of hydrogen-bond donors (Lipinski definition) is 0. The minimum absolute atomic E-state index is 0.231.